The lowest BCUT2D eigenvalue weighted by molar-refractivity contribution is -0.140. The van der Waals surface area contributed by atoms with E-state index in [0.717, 1.165) is 6.42 Å². The molecule has 146 valence electrons. The number of piperazine rings is 1. The number of rotatable bonds is 8. The first-order chi connectivity index (χ1) is 13.1. The molecule has 0 bridgehead atoms. The molecule has 1 aromatic carbocycles. The Labute approximate surface area is 159 Å². The van der Waals surface area contributed by atoms with Crippen molar-refractivity contribution in [3.8, 4) is 0 Å². The minimum Gasteiger partial charge on any atom is -0.481 e. The maximum Gasteiger partial charge on any atom is 0.303 e. The van der Waals surface area contributed by atoms with Crippen molar-refractivity contribution in [1.82, 2.24) is 15.1 Å². The van der Waals surface area contributed by atoms with E-state index in [1.807, 2.05) is 23.1 Å². The summed E-state index contributed by atoms with van der Waals surface area (Å²) in [5.41, 5.74) is 1.23. The maximum atomic E-state index is 12.7. The normalized spacial score (nSPS) is 21.8. The van der Waals surface area contributed by atoms with Crippen LogP contribution in [0.25, 0.3) is 0 Å². The van der Waals surface area contributed by atoms with Gasteiger partial charge in [0.15, 0.2) is 0 Å². The van der Waals surface area contributed by atoms with Gasteiger partial charge in [-0.25, -0.2) is 0 Å². The minimum atomic E-state index is -0.825. The SMILES string of the molecule is O=C(O)CCCNCC(=O)N1CCN(C(=O)[C@@H]2C[C@H]2c2ccccc2)CC1. The molecule has 7 heteroatoms. The average Bonchev–Trinajstić information content (AvgIpc) is 3.48. The fraction of sp³-hybridized carbons (Fsp3) is 0.550. The van der Waals surface area contributed by atoms with Crippen molar-refractivity contribution in [3.05, 3.63) is 35.9 Å². The summed E-state index contributed by atoms with van der Waals surface area (Å²) >= 11 is 0. The van der Waals surface area contributed by atoms with Crippen molar-refractivity contribution in [2.75, 3.05) is 39.3 Å². The van der Waals surface area contributed by atoms with Crippen LogP contribution in [-0.2, 0) is 14.4 Å². The van der Waals surface area contributed by atoms with E-state index in [-0.39, 0.29) is 30.7 Å². The molecule has 1 aliphatic carbocycles. The van der Waals surface area contributed by atoms with Crippen LogP contribution in [0.15, 0.2) is 30.3 Å². The van der Waals surface area contributed by atoms with Gasteiger partial charge in [-0.1, -0.05) is 30.3 Å². The lowest BCUT2D eigenvalue weighted by Crippen LogP contribution is -2.52. The molecule has 2 N–H and O–H groups in total. The van der Waals surface area contributed by atoms with E-state index in [1.54, 1.807) is 4.90 Å². The van der Waals surface area contributed by atoms with Gasteiger partial charge in [0, 0.05) is 38.5 Å². The van der Waals surface area contributed by atoms with E-state index >= 15 is 0 Å². The molecule has 1 heterocycles. The van der Waals surface area contributed by atoms with Crippen LogP contribution >= 0.6 is 0 Å². The molecule has 7 nitrogen and oxygen atoms in total. The number of benzene rings is 1. The lowest BCUT2D eigenvalue weighted by Gasteiger charge is -2.35. The molecule has 2 fully saturated rings. The van der Waals surface area contributed by atoms with Gasteiger partial charge in [0.25, 0.3) is 0 Å². The van der Waals surface area contributed by atoms with E-state index in [9.17, 15) is 14.4 Å². The van der Waals surface area contributed by atoms with Crippen LogP contribution in [-0.4, -0.2) is 72.0 Å². The van der Waals surface area contributed by atoms with Gasteiger partial charge < -0.3 is 20.2 Å². The number of hydrogen-bond acceptors (Lipinski definition) is 4. The van der Waals surface area contributed by atoms with Crippen LogP contribution in [0.5, 0.6) is 0 Å². The summed E-state index contributed by atoms with van der Waals surface area (Å²) in [7, 11) is 0. The van der Waals surface area contributed by atoms with Crippen LogP contribution in [0.2, 0.25) is 0 Å². The van der Waals surface area contributed by atoms with E-state index in [4.69, 9.17) is 5.11 Å². The zero-order valence-electron chi connectivity index (χ0n) is 15.5. The molecule has 1 aromatic rings. The summed E-state index contributed by atoms with van der Waals surface area (Å²) in [4.78, 5) is 39.0. The first kappa shape index (κ1) is 19.4. The number of nitrogens with zero attached hydrogens (tertiary/aromatic N) is 2. The predicted octanol–water partition coefficient (Wildman–Crippen LogP) is 0.915. The molecule has 0 aromatic heterocycles. The highest BCUT2D eigenvalue weighted by Crippen LogP contribution is 2.48. The Kier molecular flexibility index (Phi) is 6.45. The number of carbonyl (C=O) groups is 3. The summed E-state index contributed by atoms with van der Waals surface area (Å²) < 4.78 is 0. The highest BCUT2D eigenvalue weighted by Gasteiger charge is 2.46. The van der Waals surface area contributed by atoms with E-state index in [1.165, 1.54) is 5.56 Å². The standard InChI is InChI=1S/C20H27N3O4/c24-18(14-21-8-4-7-19(25)26)22-9-11-23(12-10-22)20(27)17-13-16(17)15-5-2-1-3-6-15/h1-3,5-6,16-17,21H,4,7-14H2,(H,25,26)/t16-,17+/m0/s1. The Balaban J connectivity index is 1.36. The Morgan fingerprint density at radius 2 is 1.70 bits per heavy atom. The quantitative estimate of drug-likeness (QED) is 0.661. The summed E-state index contributed by atoms with van der Waals surface area (Å²) in [6.45, 7) is 3.02. The van der Waals surface area contributed by atoms with E-state index in [2.05, 4.69) is 17.4 Å². The third-order valence-electron chi connectivity index (χ3n) is 5.30. The van der Waals surface area contributed by atoms with Crippen molar-refractivity contribution in [2.45, 2.75) is 25.2 Å². The van der Waals surface area contributed by atoms with E-state index in [0.29, 0.717) is 45.1 Å². The minimum absolute atomic E-state index is 0.00556. The van der Waals surface area contributed by atoms with Crippen molar-refractivity contribution < 1.29 is 19.5 Å². The van der Waals surface area contributed by atoms with Crippen molar-refractivity contribution in [2.24, 2.45) is 5.92 Å². The van der Waals surface area contributed by atoms with Gasteiger partial charge in [-0.15, -0.1) is 0 Å². The monoisotopic (exact) mass is 373 g/mol. The second-order valence-electron chi connectivity index (χ2n) is 7.24. The highest BCUT2D eigenvalue weighted by molar-refractivity contribution is 5.84. The summed E-state index contributed by atoms with van der Waals surface area (Å²) in [5, 5.41) is 11.6. The lowest BCUT2D eigenvalue weighted by atomic mass is 10.1. The molecule has 2 aliphatic rings. The number of amides is 2. The molecule has 0 radical (unpaired) electrons. The fourth-order valence-corrected chi connectivity index (χ4v) is 3.62. The average molecular weight is 373 g/mol. The van der Waals surface area contributed by atoms with Gasteiger partial charge >= 0.3 is 5.97 Å². The smallest absolute Gasteiger partial charge is 0.303 e. The van der Waals surface area contributed by atoms with Crippen LogP contribution in [0.4, 0.5) is 0 Å². The van der Waals surface area contributed by atoms with Gasteiger partial charge in [0.2, 0.25) is 11.8 Å². The molecule has 3 rings (SSSR count). The number of nitrogens with one attached hydrogen (secondary N) is 1. The molecule has 27 heavy (non-hydrogen) atoms. The van der Waals surface area contributed by atoms with Crippen LogP contribution in [0, 0.1) is 5.92 Å². The van der Waals surface area contributed by atoms with Crippen molar-refractivity contribution in [3.63, 3.8) is 0 Å². The molecule has 2 atom stereocenters. The molecular formula is C20H27N3O4. The second-order valence-corrected chi connectivity index (χ2v) is 7.24. The van der Waals surface area contributed by atoms with Crippen LogP contribution in [0.3, 0.4) is 0 Å². The highest BCUT2D eigenvalue weighted by atomic mass is 16.4. The third kappa shape index (κ3) is 5.29. The Morgan fingerprint density at radius 1 is 1.04 bits per heavy atom. The Morgan fingerprint density at radius 3 is 2.37 bits per heavy atom. The molecular weight excluding hydrogens is 346 g/mol. The topological polar surface area (TPSA) is 89.9 Å². The first-order valence-electron chi connectivity index (χ1n) is 9.60. The predicted molar refractivity (Wildman–Crippen MR) is 100 cm³/mol. The Hall–Kier alpha value is -2.41. The molecule has 1 saturated heterocycles. The van der Waals surface area contributed by atoms with Gasteiger partial charge in [-0.3, -0.25) is 14.4 Å². The number of carboxylic acid groups (broad SMARTS) is 1. The zero-order chi connectivity index (χ0) is 19.2. The maximum absolute atomic E-state index is 12.7. The van der Waals surface area contributed by atoms with Gasteiger partial charge in [-0.05, 0) is 30.9 Å². The van der Waals surface area contributed by atoms with Gasteiger partial charge in [0.05, 0.1) is 6.54 Å². The summed E-state index contributed by atoms with van der Waals surface area (Å²) in [6, 6.07) is 10.2. The molecule has 0 spiro atoms. The van der Waals surface area contributed by atoms with Crippen LogP contribution < -0.4 is 5.32 Å². The number of carbonyl (C=O) groups excluding carboxylic acids is 2. The number of hydrogen-bond donors (Lipinski definition) is 2. The third-order valence-corrected chi connectivity index (χ3v) is 5.30. The molecule has 1 saturated carbocycles. The van der Waals surface area contributed by atoms with Gasteiger partial charge in [-0.2, -0.15) is 0 Å². The van der Waals surface area contributed by atoms with Crippen molar-refractivity contribution in [1.29, 1.82) is 0 Å². The number of carboxylic acids is 1. The zero-order valence-corrected chi connectivity index (χ0v) is 15.5. The summed E-state index contributed by atoms with van der Waals surface area (Å²) in [5.74, 6) is -0.179. The first-order valence-corrected chi connectivity index (χ1v) is 9.60. The van der Waals surface area contributed by atoms with Crippen LogP contribution in [0.1, 0.15) is 30.7 Å². The van der Waals surface area contributed by atoms with E-state index < -0.39 is 5.97 Å². The molecule has 2 amide bonds. The largest absolute Gasteiger partial charge is 0.481 e. The fourth-order valence-electron chi connectivity index (χ4n) is 3.62. The number of aliphatic carboxylic acids is 1. The van der Waals surface area contributed by atoms with Crippen molar-refractivity contribution >= 4 is 17.8 Å². The summed E-state index contributed by atoms with van der Waals surface area (Å²) in [6.07, 6.45) is 1.53. The molecule has 0 unspecified atom stereocenters. The second kappa shape index (κ2) is 8.99. The van der Waals surface area contributed by atoms with Gasteiger partial charge in [0.1, 0.15) is 0 Å². The molecule has 1 aliphatic heterocycles. The Bertz CT molecular complexity index is 671.